The first-order valence-electron chi connectivity index (χ1n) is 5.69. The summed E-state index contributed by atoms with van der Waals surface area (Å²) >= 11 is 6.72. The molecule has 92 valence electrons. The molecule has 0 aromatic rings. The Morgan fingerprint density at radius 1 is 1.62 bits per heavy atom. The molecule has 0 bridgehead atoms. The molecule has 16 heavy (non-hydrogen) atoms. The van der Waals surface area contributed by atoms with Crippen molar-refractivity contribution in [2.45, 2.75) is 32.7 Å². The van der Waals surface area contributed by atoms with Gasteiger partial charge >= 0.3 is 0 Å². The minimum absolute atomic E-state index is 0.207. The Morgan fingerprint density at radius 3 is 2.75 bits per heavy atom. The molecule has 2 N–H and O–H groups in total. The number of carbonyl (C=O) groups excluding carboxylic acids is 1. The minimum atomic E-state index is 0.207. The lowest BCUT2D eigenvalue weighted by molar-refractivity contribution is -0.136. The second-order valence-corrected chi connectivity index (χ2v) is 6.08. The maximum Gasteiger partial charge on any atom is 0.226 e. The highest BCUT2D eigenvalue weighted by Crippen LogP contribution is 2.25. The van der Waals surface area contributed by atoms with E-state index >= 15 is 0 Å². The van der Waals surface area contributed by atoms with Crippen LogP contribution in [0.1, 0.15) is 26.7 Å². The summed E-state index contributed by atoms with van der Waals surface area (Å²) in [6, 6.07) is 0.229. The van der Waals surface area contributed by atoms with Crippen LogP contribution in [0.15, 0.2) is 0 Å². The topological polar surface area (TPSA) is 46.3 Å². The first-order chi connectivity index (χ1) is 7.52. The Balaban J connectivity index is 2.54. The van der Waals surface area contributed by atoms with Gasteiger partial charge in [0.1, 0.15) is 0 Å². The third kappa shape index (κ3) is 3.94. The lowest BCUT2D eigenvalue weighted by Crippen LogP contribution is -2.42. The third-order valence-corrected chi connectivity index (χ3v) is 4.15. The number of amides is 1. The molecule has 0 spiro atoms. The van der Waals surface area contributed by atoms with Crippen LogP contribution in [-0.2, 0) is 4.79 Å². The molecule has 1 heterocycles. The monoisotopic (exact) mass is 260 g/mol. The van der Waals surface area contributed by atoms with Crippen molar-refractivity contribution in [2.75, 3.05) is 18.1 Å². The van der Waals surface area contributed by atoms with Crippen molar-refractivity contribution < 1.29 is 4.79 Å². The molecule has 1 rings (SSSR count). The fourth-order valence-corrected chi connectivity index (χ4v) is 3.12. The Kier molecular flexibility index (Phi) is 5.55. The maximum absolute atomic E-state index is 12.2. The predicted octanol–water partition coefficient (Wildman–Crippen LogP) is 1.65. The molecule has 1 amide bonds. The number of nitrogens with zero attached hydrogens (tertiary/aromatic N) is 1. The quantitative estimate of drug-likeness (QED) is 0.764. The molecule has 1 aliphatic heterocycles. The van der Waals surface area contributed by atoms with E-state index < -0.39 is 0 Å². The Bertz CT molecular complexity index is 263. The first-order valence-corrected chi connectivity index (χ1v) is 7.25. The van der Waals surface area contributed by atoms with E-state index in [4.69, 9.17) is 18.0 Å². The van der Waals surface area contributed by atoms with Gasteiger partial charge in [0.25, 0.3) is 0 Å². The number of hydrogen-bond acceptors (Lipinski definition) is 3. The highest BCUT2D eigenvalue weighted by molar-refractivity contribution is 7.99. The molecular weight excluding hydrogens is 240 g/mol. The van der Waals surface area contributed by atoms with Crippen LogP contribution in [0.4, 0.5) is 0 Å². The van der Waals surface area contributed by atoms with E-state index in [1.165, 1.54) is 0 Å². The summed E-state index contributed by atoms with van der Waals surface area (Å²) in [6.45, 7) is 4.74. The molecule has 3 nitrogen and oxygen atoms in total. The van der Waals surface area contributed by atoms with Crippen molar-refractivity contribution >= 4 is 34.9 Å². The number of nitrogens with two attached hydrogens (primary N) is 1. The lowest BCUT2D eigenvalue weighted by Gasteiger charge is -2.29. The van der Waals surface area contributed by atoms with Crippen molar-refractivity contribution in [3.63, 3.8) is 0 Å². The molecule has 0 radical (unpaired) electrons. The largest absolute Gasteiger partial charge is 0.393 e. The van der Waals surface area contributed by atoms with Crippen molar-refractivity contribution in [3.05, 3.63) is 0 Å². The summed E-state index contributed by atoms with van der Waals surface area (Å²) < 4.78 is 0. The number of carbonyl (C=O) groups is 1. The summed E-state index contributed by atoms with van der Waals surface area (Å²) in [7, 11) is 0. The molecule has 1 saturated heterocycles. The molecule has 1 atom stereocenters. The van der Waals surface area contributed by atoms with Crippen molar-refractivity contribution in [1.29, 1.82) is 0 Å². The average Bonchev–Trinajstić information content (AvgIpc) is 2.69. The molecule has 1 unspecified atom stereocenters. The van der Waals surface area contributed by atoms with Gasteiger partial charge in [-0.25, -0.2) is 0 Å². The summed E-state index contributed by atoms with van der Waals surface area (Å²) in [6.07, 6.45) is 1.64. The lowest BCUT2D eigenvalue weighted by atomic mass is 10.1. The van der Waals surface area contributed by atoms with Gasteiger partial charge in [-0.2, -0.15) is 11.8 Å². The molecule has 5 heteroatoms. The summed E-state index contributed by atoms with van der Waals surface area (Å²) in [5.74, 6) is 2.56. The van der Waals surface area contributed by atoms with Gasteiger partial charge in [-0.15, -0.1) is 0 Å². The second-order valence-electron chi connectivity index (χ2n) is 4.40. The van der Waals surface area contributed by atoms with Gasteiger partial charge in [-0.1, -0.05) is 12.2 Å². The minimum Gasteiger partial charge on any atom is -0.393 e. The Hall–Kier alpha value is -0.290. The molecule has 0 aliphatic carbocycles. The van der Waals surface area contributed by atoms with Crippen LogP contribution >= 0.6 is 24.0 Å². The normalized spacial score (nSPS) is 20.1. The molecule has 0 saturated carbocycles. The van der Waals surface area contributed by atoms with E-state index in [0.29, 0.717) is 18.0 Å². The second kappa shape index (κ2) is 6.45. The van der Waals surface area contributed by atoms with Crippen molar-refractivity contribution in [1.82, 2.24) is 4.90 Å². The zero-order valence-corrected chi connectivity index (χ0v) is 11.6. The highest BCUT2D eigenvalue weighted by Gasteiger charge is 2.28. The zero-order chi connectivity index (χ0) is 12.1. The van der Waals surface area contributed by atoms with E-state index in [-0.39, 0.29) is 17.9 Å². The van der Waals surface area contributed by atoms with Crippen LogP contribution in [-0.4, -0.2) is 39.9 Å². The molecule has 1 aliphatic rings. The van der Waals surface area contributed by atoms with E-state index in [1.54, 1.807) is 0 Å². The molecule has 1 fully saturated rings. The fraction of sp³-hybridized carbons (Fsp3) is 0.818. The maximum atomic E-state index is 12.2. The zero-order valence-electron chi connectivity index (χ0n) is 9.94. The summed E-state index contributed by atoms with van der Waals surface area (Å²) in [4.78, 5) is 14.6. The number of thiocarbonyl (C=S) groups is 1. The van der Waals surface area contributed by atoms with Gasteiger partial charge in [-0.3, -0.25) is 4.79 Å². The third-order valence-electron chi connectivity index (χ3n) is 2.78. The Labute approximate surface area is 107 Å². The van der Waals surface area contributed by atoms with Gasteiger partial charge in [0, 0.05) is 30.7 Å². The summed E-state index contributed by atoms with van der Waals surface area (Å²) in [5.41, 5.74) is 5.48. The average molecular weight is 260 g/mol. The smallest absolute Gasteiger partial charge is 0.226 e. The molecule has 0 aromatic carbocycles. The van der Waals surface area contributed by atoms with Gasteiger partial charge < -0.3 is 10.6 Å². The van der Waals surface area contributed by atoms with Gasteiger partial charge in [0.2, 0.25) is 5.91 Å². The SMILES string of the molecule is CC(C)N(CCC(N)=S)C(=O)C1CCSC1. The molecule has 0 aromatic heterocycles. The van der Waals surface area contributed by atoms with Gasteiger partial charge in [0.05, 0.1) is 4.99 Å². The first kappa shape index (κ1) is 13.8. The van der Waals surface area contributed by atoms with Crippen LogP contribution in [0.3, 0.4) is 0 Å². The Morgan fingerprint density at radius 2 is 2.31 bits per heavy atom. The molecular formula is C11H20N2OS2. The van der Waals surface area contributed by atoms with Crippen LogP contribution in [0.25, 0.3) is 0 Å². The van der Waals surface area contributed by atoms with E-state index in [1.807, 2.05) is 30.5 Å². The van der Waals surface area contributed by atoms with E-state index in [0.717, 1.165) is 17.9 Å². The number of rotatable bonds is 5. The standard InChI is InChI=1S/C11H20N2OS2/c1-8(2)13(5-3-10(12)15)11(14)9-4-6-16-7-9/h8-9H,3-7H2,1-2H3,(H2,12,15). The summed E-state index contributed by atoms with van der Waals surface area (Å²) in [5, 5.41) is 0. The highest BCUT2D eigenvalue weighted by atomic mass is 32.2. The number of hydrogen-bond donors (Lipinski definition) is 1. The van der Waals surface area contributed by atoms with Crippen LogP contribution in [0.2, 0.25) is 0 Å². The van der Waals surface area contributed by atoms with E-state index in [2.05, 4.69) is 0 Å². The van der Waals surface area contributed by atoms with Gasteiger partial charge in [-0.05, 0) is 26.0 Å². The van der Waals surface area contributed by atoms with E-state index in [9.17, 15) is 4.79 Å². The van der Waals surface area contributed by atoms with Crippen molar-refractivity contribution in [3.8, 4) is 0 Å². The van der Waals surface area contributed by atoms with Gasteiger partial charge in [0.15, 0.2) is 0 Å². The van der Waals surface area contributed by atoms with Crippen molar-refractivity contribution in [2.24, 2.45) is 11.7 Å². The fourth-order valence-electron chi connectivity index (χ4n) is 1.82. The van der Waals surface area contributed by atoms with Crippen LogP contribution in [0.5, 0.6) is 0 Å². The van der Waals surface area contributed by atoms with Crippen LogP contribution < -0.4 is 5.73 Å². The van der Waals surface area contributed by atoms with Crippen LogP contribution in [0, 0.1) is 5.92 Å². The number of thioether (sulfide) groups is 1. The predicted molar refractivity (Wildman–Crippen MR) is 73.7 cm³/mol.